The lowest BCUT2D eigenvalue weighted by Gasteiger charge is -2.21. The van der Waals surface area contributed by atoms with Gasteiger partial charge in [-0.25, -0.2) is 0 Å². The van der Waals surface area contributed by atoms with Crippen molar-refractivity contribution in [1.82, 2.24) is 4.90 Å². The molecule has 1 saturated heterocycles. The predicted molar refractivity (Wildman–Crippen MR) is 96.1 cm³/mol. The number of halogens is 1. The number of aryl methyl sites for hydroxylation is 1. The zero-order valence-electron chi connectivity index (χ0n) is 14.2. The van der Waals surface area contributed by atoms with Gasteiger partial charge < -0.3 is 15.4 Å². The minimum atomic E-state index is 0. The topological polar surface area (TPSA) is 55.6 Å². The van der Waals surface area contributed by atoms with E-state index in [-0.39, 0.29) is 18.3 Å². The summed E-state index contributed by atoms with van der Waals surface area (Å²) in [7, 11) is 0. The molecule has 130 valence electrons. The second-order valence-electron chi connectivity index (χ2n) is 6.22. The van der Waals surface area contributed by atoms with E-state index in [9.17, 15) is 4.79 Å². The predicted octanol–water partition coefficient (Wildman–Crippen LogP) is 3.03. The molecule has 0 bridgehead atoms. The first-order valence-electron chi connectivity index (χ1n) is 8.35. The van der Waals surface area contributed by atoms with Crippen LogP contribution in [-0.4, -0.2) is 36.5 Å². The Balaban J connectivity index is 0.00000264. The van der Waals surface area contributed by atoms with Crippen molar-refractivity contribution in [1.29, 1.82) is 0 Å². The highest BCUT2D eigenvalue weighted by Crippen LogP contribution is 2.23. The van der Waals surface area contributed by atoms with Gasteiger partial charge >= 0.3 is 0 Å². The Hall–Kier alpha value is -1.26. The third kappa shape index (κ3) is 5.70. The van der Waals surface area contributed by atoms with E-state index in [0.29, 0.717) is 24.9 Å². The number of nitrogens with zero attached hydrogens (tertiary/aromatic N) is 1. The molecule has 2 unspecified atom stereocenters. The maximum absolute atomic E-state index is 12.4. The maximum Gasteiger partial charge on any atom is 0.223 e. The molecule has 1 fully saturated rings. The first-order chi connectivity index (χ1) is 10.6. The molecular weight excluding hydrogens is 312 g/mol. The normalized spacial score (nSPS) is 20.2. The molecule has 1 heterocycles. The lowest BCUT2D eigenvalue weighted by Crippen LogP contribution is -2.34. The van der Waals surface area contributed by atoms with Gasteiger partial charge in [-0.05, 0) is 56.3 Å². The van der Waals surface area contributed by atoms with E-state index in [1.54, 1.807) is 0 Å². The average Bonchev–Trinajstić information content (AvgIpc) is 2.92. The molecule has 23 heavy (non-hydrogen) atoms. The molecule has 1 aliphatic heterocycles. The van der Waals surface area contributed by atoms with Crippen molar-refractivity contribution >= 4 is 18.3 Å². The minimum Gasteiger partial charge on any atom is -0.494 e. The molecule has 1 aliphatic rings. The van der Waals surface area contributed by atoms with Gasteiger partial charge in [-0.1, -0.05) is 19.1 Å². The SMILES string of the molecule is CCCOc1ccc(CCC(=O)N2CC(CN)CC2C)cc1.Cl. The average molecular weight is 341 g/mol. The lowest BCUT2D eigenvalue weighted by atomic mass is 10.1. The van der Waals surface area contributed by atoms with Crippen LogP contribution >= 0.6 is 12.4 Å². The molecule has 4 nitrogen and oxygen atoms in total. The smallest absolute Gasteiger partial charge is 0.223 e. The molecule has 1 aromatic rings. The van der Waals surface area contributed by atoms with Crippen molar-refractivity contribution in [2.24, 2.45) is 11.7 Å². The van der Waals surface area contributed by atoms with E-state index in [2.05, 4.69) is 13.8 Å². The molecule has 2 rings (SSSR count). The number of carbonyl (C=O) groups excluding carboxylic acids is 1. The Morgan fingerprint density at radius 2 is 2.04 bits per heavy atom. The number of nitrogens with two attached hydrogens (primary N) is 1. The number of amides is 1. The summed E-state index contributed by atoms with van der Waals surface area (Å²) < 4.78 is 5.57. The Morgan fingerprint density at radius 1 is 1.35 bits per heavy atom. The maximum atomic E-state index is 12.4. The van der Waals surface area contributed by atoms with Gasteiger partial charge in [-0.15, -0.1) is 12.4 Å². The third-order valence-electron chi connectivity index (χ3n) is 4.34. The van der Waals surface area contributed by atoms with Crippen molar-refractivity contribution in [3.05, 3.63) is 29.8 Å². The molecule has 1 aromatic carbocycles. The molecule has 5 heteroatoms. The van der Waals surface area contributed by atoms with E-state index >= 15 is 0 Å². The van der Waals surface area contributed by atoms with Crippen molar-refractivity contribution in [2.45, 2.75) is 45.6 Å². The molecular formula is C18H29ClN2O2. The molecule has 0 saturated carbocycles. The highest BCUT2D eigenvalue weighted by Gasteiger charge is 2.30. The standard InChI is InChI=1S/C18H28N2O2.ClH/c1-3-10-22-17-7-4-15(5-8-17)6-9-18(21)20-13-16(12-19)11-14(20)2;/h4-5,7-8,14,16H,3,6,9-13,19H2,1-2H3;1H. The number of likely N-dealkylation sites (tertiary alicyclic amines) is 1. The highest BCUT2D eigenvalue weighted by molar-refractivity contribution is 5.85. The van der Waals surface area contributed by atoms with Gasteiger partial charge in [-0.3, -0.25) is 4.79 Å². The quantitative estimate of drug-likeness (QED) is 0.830. The molecule has 0 radical (unpaired) electrons. The van der Waals surface area contributed by atoms with E-state index in [1.807, 2.05) is 29.2 Å². The van der Waals surface area contributed by atoms with Gasteiger partial charge in [0.2, 0.25) is 5.91 Å². The van der Waals surface area contributed by atoms with Crippen LogP contribution in [0.25, 0.3) is 0 Å². The van der Waals surface area contributed by atoms with Crippen LogP contribution in [0, 0.1) is 5.92 Å². The summed E-state index contributed by atoms with van der Waals surface area (Å²) in [5.41, 5.74) is 6.90. The summed E-state index contributed by atoms with van der Waals surface area (Å²) in [6, 6.07) is 8.39. The fourth-order valence-electron chi connectivity index (χ4n) is 3.03. The van der Waals surface area contributed by atoms with Crippen LogP contribution < -0.4 is 10.5 Å². The van der Waals surface area contributed by atoms with Crippen molar-refractivity contribution < 1.29 is 9.53 Å². The van der Waals surface area contributed by atoms with E-state index in [0.717, 1.165) is 38.2 Å². The summed E-state index contributed by atoms with van der Waals surface area (Å²) in [6.45, 7) is 6.45. The van der Waals surface area contributed by atoms with Crippen molar-refractivity contribution in [3.8, 4) is 5.75 Å². The molecule has 0 aromatic heterocycles. The van der Waals surface area contributed by atoms with Gasteiger partial charge in [-0.2, -0.15) is 0 Å². The van der Waals surface area contributed by atoms with Crippen LogP contribution in [0.5, 0.6) is 5.75 Å². The molecule has 2 atom stereocenters. The van der Waals surface area contributed by atoms with Crippen molar-refractivity contribution in [3.63, 3.8) is 0 Å². The number of ether oxygens (including phenoxy) is 1. The van der Waals surface area contributed by atoms with Gasteiger partial charge in [0.25, 0.3) is 0 Å². The van der Waals surface area contributed by atoms with Crippen LogP contribution in [0.2, 0.25) is 0 Å². The molecule has 0 spiro atoms. The van der Waals surface area contributed by atoms with Crippen LogP contribution in [0.3, 0.4) is 0 Å². The van der Waals surface area contributed by atoms with Crippen LogP contribution in [0.1, 0.15) is 38.7 Å². The summed E-state index contributed by atoms with van der Waals surface area (Å²) in [5.74, 6) is 1.61. The van der Waals surface area contributed by atoms with Gasteiger partial charge in [0.05, 0.1) is 6.61 Å². The molecule has 1 amide bonds. The Kier molecular flexibility index (Phi) is 8.42. The van der Waals surface area contributed by atoms with Crippen LogP contribution in [0.15, 0.2) is 24.3 Å². The second-order valence-corrected chi connectivity index (χ2v) is 6.22. The number of carbonyl (C=O) groups is 1. The van der Waals surface area contributed by atoms with E-state index in [1.165, 1.54) is 5.56 Å². The highest BCUT2D eigenvalue weighted by atomic mass is 35.5. The first kappa shape index (κ1) is 19.8. The summed E-state index contributed by atoms with van der Waals surface area (Å²) >= 11 is 0. The largest absolute Gasteiger partial charge is 0.494 e. The number of hydrogen-bond acceptors (Lipinski definition) is 3. The first-order valence-corrected chi connectivity index (χ1v) is 8.35. The van der Waals surface area contributed by atoms with Gasteiger partial charge in [0, 0.05) is 19.0 Å². The fraction of sp³-hybridized carbons (Fsp3) is 0.611. The second kappa shape index (κ2) is 9.78. The summed E-state index contributed by atoms with van der Waals surface area (Å²) in [4.78, 5) is 14.4. The number of hydrogen-bond donors (Lipinski definition) is 1. The monoisotopic (exact) mass is 340 g/mol. The van der Waals surface area contributed by atoms with E-state index in [4.69, 9.17) is 10.5 Å². The Bertz CT molecular complexity index is 478. The molecule has 2 N–H and O–H groups in total. The zero-order chi connectivity index (χ0) is 15.9. The Labute approximate surface area is 145 Å². The third-order valence-corrected chi connectivity index (χ3v) is 4.34. The zero-order valence-corrected chi connectivity index (χ0v) is 15.0. The summed E-state index contributed by atoms with van der Waals surface area (Å²) in [6.07, 6.45) is 3.39. The van der Waals surface area contributed by atoms with Crippen LogP contribution in [0.4, 0.5) is 0 Å². The molecule has 0 aliphatic carbocycles. The minimum absolute atomic E-state index is 0. The van der Waals surface area contributed by atoms with Crippen molar-refractivity contribution in [2.75, 3.05) is 19.7 Å². The summed E-state index contributed by atoms with van der Waals surface area (Å²) in [5, 5.41) is 0. The number of benzene rings is 1. The Morgan fingerprint density at radius 3 is 2.61 bits per heavy atom. The lowest BCUT2D eigenvalue weighted by molar-refractivity contribution is -0.131. The van der Waals surface area contributed by atoms with Gasteiger partial charge in [0.15, 0.2) is 0 Å². The van der Waals surface area contributed by atoms with Gasteiger partial charge in [0.1, 0.15) is 5.75 Å². The van der Waals surface area contributed by atoms with E-state index < -0.39 is 0 Å². The number of rotatable bonds is 7. The fourth-order valence-corrected chi connectivity index (χ4v) is 3.03. The van der Waals surface area contributed by atoms with Crippen LogP contribution in [-0.2, 0) is 11.2 Å².